The molecule has 1 saturated carbocycles. The lowest BCUT2D eigenvalue weighted by atomic mass is 10.3. The standard InChI is InChI=1S/C14H20N4O3S/c1-8-7-10(8)12(19)16-17-13(20)11-9(2)15-14(22-11)18-3-5-21-6-4-18/h8,10H,3-7H2,1-2H3,(H,16,19)(H,17,20). The lowest BCUT2D eigenvalue weighted by Crippen LogP contribution is -2.42. The Bertz CT molecular complexity index is 583. The van der Waals surface area contributed by atoms with E-state index >= 15 is 0 Å². The molecule has 0 aromatic carbocycles. The van der Waals surface area contributed by atoms with Gasteiger partial charge in [0, 0.05) is 19.0 Å². The molecule has 2 atom stereocenters. The van der Waals surface area contributed by atoms with E-state index in [1.807, 2.05) is 6.92 Å². The van der Waals surface area contributed by atoms with Crippen LogP contribution in [0.15, 0.2) is 0 Å². The van der Waals surface area contributed by atoms with Gasteiger partial charge >= 0.3 is 0 Å². The van der Waals surface area contributed by atoms with Crippen LogP contribution < -0.4 is 15.8 Å². The molecule has 3 rings (SSSR count). The molecule has 1 aliphatic carbocycles. The summed E-state index contributed by atoms with van der Waals surface area (Å²) in [5.41, 5.74) is 5.66. The van der Waals surface area contributed by atoms with Crippen LogP contribution in [0.2, 0.25) is 0 Å². The average Bonchev–Trinajstić information content (AvgIpc) is 3.13. The van der Waals surface area contributed by atoms with E-state index < -0.39 is 0 Å². The molecule has 7 nitrogen and oxygen atoms in total. The Balaban J connectivity index is 1.59. The molecule has 0 radical (unpaired) electrons. The summed E-state index contributed by atoms with van der Waals surface area (Å²) in [4.78, 5) is 31.0. The van der Waals surface area contributed by atoms with Crippen molar-refractivity contribution in [3.8, 4) is 0 Å². The molecule has 8 heteroatoms. The minimum absolute atomic E-state index is 0.0340. The van der Waals surface area contributed by atoms with Crippen LogP contribution in [-0.2, 0) is 9.53 Å². The third-order valence-corrected chi connectivity index (χ3v) is 5.24. The van der Waals surface area contributed by atoms with Crippen molar-refractivity contribution in [2.24, 2.45) is 11.8 Å². The number of hydrazine groups is 1. The number of hydrogen-bond donors (Lipinski definition) is 2. The van der Waals surface area contributed by atoms with Gasteiger partial charge in [-0.3, -0.25) is 20.4 Å². The Morgan fingerprint density at radius 3 is 2.64 bits per heavy atom. The summed E-state index contributed by atoms with van der Waals surface area (Å²) in [7, 11) is 0. The summed E-state index contributed by atoms with van der Waals surface area (Å²) in [6.07, 6.45) is 0.891. The Labute approximate surface area is 133 Å². The number of thiazole rings is 1. The fourth-order valence-corrected chi connectivity index (χ4v) is 3.45. The number of aryl methyl sites for hydroxylation is 1. The number of nitrogens with one attached hydrogen (secondary N) is 2. The average molecular weight is 324 g/mol. The van der Waals surface area contributed by atoms with E-state index in [4.69, 9.17) is 4.74 Å². The van der Waals surface area contributed by atoms with Crippen LogP contribution in [0.25, 0.3) is 0 Å². The number of ether oxygens (including phenoxy) is 1. The molecule has 1 aromatic rings. The molecule has 0 spiro atoms. The van der Waals surface area contributed by atoms with Gasteiger partial charge in [0.05, 0.1) is 18.9 Å². The van der Waals surface area contributed by atoms with E-state index in [1.54, 1.807) is 6.92 Å². The summed E-state index contributed by atoms with van der Waals surface area (Å²) in [5.74, 6) is 0.0225. The largest absolute Gasteiger partial charge is 0.378 e. The van der Waals surface area contributed by atoms with Crippen LogP contribution in [0.3, 0.4) is 0 Å². The number of rotatable bonds is 3. The fourth-order valence-electron chi connectivity index (χ4n) is 2.44. The van der Waals surface area contributed by atoms with E-state index in [-0.39, 0.29) is 17.7 Å². The highest BCUT2D eigenvalue weighted by Gasteiger charge is 2.39. The molecule has 2 amide bonds. The van der Waals surface area contributed by atoms with E-state index in [0.717, 1.165) is 24.6 Å². The molecule has 1 aromatic heterocycles. The number of amides is 2. The van der Waals surface area contributed by atoms with E-state index in [2.05, 4.69) is 20.7 Å². The molecule has 1 saturated heterocycles. The summed E-state index contributed by atoms with van der Waals surface area (Å²) < 4.78 is 5.32. The van der Waals surface area contributed by atoms with Crippen molar-refractivity contribution in [2.75, 3.05) is 31.2 Å². The molecule has 120 valence electrons. The zero-order valence-electron chi connectivity index (χ0n) is 12.7. The SMILES string of the molecule is Cc1nc(N2CCOCC2)sc1C(=O)NNC(=O)C1CC1C. The van der Waals surface area contributed by atoms with Gasteiger partial charge in [0.25, 0.3) is 5.91 Å². The van der Waals surface area contributed by atoms with Crippen LogP contribution in [0, 0.1) is 18.8 Å². The normalized spacial score (nSPS) is 24.0. The van der Waals surface area contributed by atoms with Crippen molar-refractivity contribution in [1.29, 1.82) is 0 Å². The quantitative estimate of drug-likeness (QED) is 0.800. The van der Waals surface area contributed by atoms with Crippen LogP contribution >= 0.6 is 11.3 Å². The molecule has 2 heterocycles. The highest BCUT2D eigenvalue weighted by atomic mass is 32.1. The summed E-state index contributed by atoms with van der Waals surface area (Å²) in [6.45, 7) is 6.74. The van der Waals surface area contributed by atoms with Crippen molar-refractivity contribution in [3.05, 3.63) is 10.6 Å². The fraction of sp³-hybridized carbons (Fsp3) is 0.643. The molecule has 1 aliphatic heterocycles. The summed E-state index contributed by atoms with van der Waals surface area (Å²) in [6, 6.07) is 0. The van der Waals surface area contributed by atoms with Crippen LogP contribution in [0.1, 0.15) is 28.7 Å². The van der Waals surface area contributed by atoms with Gasteiger partial charge in [-0.15, -0.1) is 0 Å². The molecule has 0 bridgehead atoms. The molecule has 2 aliphatic rings. The first kappa shape index (κ1) is 15.2. The second-order valence-corrected chi connectivity index (χ2v) is 6.75. The summed E-state index contributed by atoms with van der Waals surface area (Å²) >= 11 is 1.35. The number of anilines is 1. The Kier molecular flexibility index (Phi) is 4.30. The van der Waals surface area contributed by atoms with Crippen molar-refractivity contribution in [2.45, 2.75) is 20.3 Å². The topological polar surface area (TPSA) is 83.6 Å². The third-order valence-electron chi connectivity index (χ3n) is 4.02. The number of aromatic nitrogens is 1. The van der Waals surface area contributed by atoms with Crippen molar-refractivity contribution in [1.82, 2.24) is 15.8 Å². The van der Waals surface area contributed by atoms with Gasteiger partial charge in [0.1, 0.15) is 4.88 Å². The zero-order chi connectivity index (χ0) is 15.7. The van der Waals surface area contributed by atoms with Gasteiger partial charge in [-0.1, -0.05) is 18.3 Å². The molecule has 2 unspecified atom stereocenters. The van der Waals surface area contributed by atoms with Crippen LogP contribution in [-0.4, -0.2) is 43.1 Å². The Morgan fingerprint density at radius 1 is 1.32 bits per heavy atom. The van der Waals surface area contributed by atoms with Crippen LogP contribution in [0.5, 0.6) is 0 Å². The highest BCUT2D eigenvalue weighted by molar-refractivity contribution is 7.17. The highest BCUT2D eigenvalue weighted by Crippen LogP contribution is 2.37. The molecular weight excluding hydrogens is 304 g/mol. The predicted octanol–water partition coefficient (Wildman–Crippen LogP) is 0.705. The first-order valence-corrected chi connectivity index (χ1v) is 8.28. The molecule has 22 heavy (non-hydrogen) atoms. The van der Waals surface area contributed by atoms with Gasteiger partial charge in [-0.25, -0.2) is 4.98 Å². The first-order valence-electron chi connectivity index (χ1n) is 7.46. The van der Waals surface area contributed by atoms with E-state index in [1.165, 1.54) is 11.3 Å². The van der Waals surface area contributed by atoms with E-state index in [9.17, 15) is 9.59 Å². The Morgan fingerprint density at radius 2 is 2.00 bits per heavy atom. The maximum absolute atomic E-state index is 12.2. The predicted molar refractivity (Wildman–Crippen MR) is 82.8 cm³/mol. The third kappa shape index (κ3) is 3.22. The first-order chi connectivity index (χ1) is 10.6. The molecule has 2 N–H and O–H groups in total. The van der Waals surface area contributed by atoms with Crippen molar-refractivity contribution < 1.29 is 14.3 Å². The zero-order valence-corrected chi connectivity index (χ0v) is 13.5. The van der Waals surface area contributed by atoms with Crippen molar-refractivity contribution in [3.63, 3.8) is 0 Å². The second kappa shape index (κ2) is 6.21. The smallest absolute Gasteiger partial charge is 0.281 e. The minimum Gasteiger partial charge on any atom is -0.378 e. The van der Waals surface area contributed by atoms with Gasteiger partial charge in [0.2, 0.25) is 5.91 Å². The maximum atomic E-state index is 12.2. The van der Waals surface area contributed by atoms with Gasteiger partial charge < -0.3 is 9.64 Å². The monoisotopic (exact) mass is 324 g/mol. The maximum Gasteiger partial charge on any atom is 0.281 e. The molecule has 2 fully saturated rings. The summed E-state index contributed by atoms with van der Waals surface area (Å²) in [5, 5.41) is 0.827. The minimum atomic E-state index is -0.309. The number of morpholine rings is 1. The van der Waals surface area contributed by atoms with Crippen LogP contribution in [0.4, 0.5) is 5.13 Å². The lowest BCUT2D eigenvalue weighted by molar-refractivity contribution is -0.123. The number of carbonyl (C=O) groups excluding carboxylic acids is 2. The van der Waals surface area contributed by atoms with Gasteiger partial charge in [0.15, 0.2) is 5.13 Å². The Hall–Kier alpha value is -1.67. The second-order valence-electron chi connectivity index (χ2n) is 5.77. The van der Waals surface area contributed by atoms with Gasteiger partial charge in [-0.2, -0.15) is 0 Å². The van der Waals surface area contributed by atoms with Crippen molar-refractivity contribution >= 4 is 28.3 Å². The molecular formula is C14H20N4O3S. The number of carbonyl (C=O) groups is 2. The number of hydrogen-bond acceptors (Lipinski definition) is 6. The van der Waals surface area contributed by atoms with Gasteiger partial charge in [-0.05, 0) is 19.3 Å². The lowest BCUT2D eigenvalue weighted by Gasteiger charge is -2.25. The number of nitrogens with zero attached hydrogens (tertiary/aromatic N) is 2. The van der Waals surface area contributed by atoms with E-state index in [0.29, 0.717) is 29.7 Å².